The number of methoxy groups -OCH3 is 1. The maximum Gasteiger partial charge on any atom is 0.199 e. The second-order valence-electron chi connectivity index (χ2n) is 4.60. The average Bonchev–Trinajstić information content (AvgIpc) is 3.14. The number of nitrogens with one attached hydrogen (secondary N) is 1. The van der Waals surface area contributed by atoms with Gasteiger partial charge >= 0.3 is 0 Å². The van der Waals surface area contributed by atoms with Crippen LogP contribution in [0.1, 0.15) is 30.1 Å². The summed E-state index contributed by atoms with van der Waals surface area (Å²) in [5.74, 6) is 1.61. The molecule has 5 heteroatoms. The number of hydrogen-bond donors (Lipinski definition) is 1. The van der Waals surface area contributed by atoms with Crippen LogP contribution < -0.4 is 0 Å². The molecule has 1 heterocycles. The highest BCUT2D eigenvalue weighted by atomic mass is 32.1. The third-order valence-corrected chi connectivity index (χ3v) is 3.39. The molecule has 1 aromatic heterocycles. The fraction of sp³-hybridized carbons (Fsp3) is 0.385. The van der Waals surface area contributed by atoms with Gasteiger partial charge in [-0.05, 0) is 42.8 Å². The van der Waals surface area contributed by atoms with Gasteiger partial charge in [0.1, 0.15) is 5.82 Å². The van der Waals surface area contributed by atoms with Crippen molar-refractivity contribution < 1.29 is 4.74 Å². The Bertz CT molecular complexity index is 613. The van der Waals surface area contributed by atoms with Crippen molar-refractivity contribution in [1.82, 2.24) is 14.8 Å². The molecule has 0 atom stereocenters. The van der Waals surface area contributed by atoms with Crippen LogP contribution in [0.4, 0.5) is 0 Å². The lowest BCUT2D eigenvalue weighted by molar-refractivity contribution is 0.185. The summed E-state index contributed by atoms with van der Waals surface area (Å²) >= 11 is 5.32. The van der Waals surface area contributed by atoms with Crippen molar-refractivity contribution in [3.8, 4) is 5.69 Å². The van der Waals surface area contributed by atoms with E-state index in [0.717, 1.165) is 17.1 Å². The van der Waals surface area contributed by atoms with Gasteiger partial charge in [-0.1, -0.05) is 12.1 Å². The van der Waals surface area contributed by atoms with Crippen LogP contribution in [0.5, 0.6) is 0 Å². The molecule has 0 radical (unpaired) electrons. The van der Waals surface area contributed by atoms with Crippen LogP contribution in [0.2, 0.25) is 0 Å². The van der Waals surface area contributed by atoms with E-state index >= 15 is 0 Å². The molecule has 1 aromatic carbocycles. The molecule has 1 aliphatic carbocycles. The smallest absolute Gasteiger partial charge is 0.199 e. The molecular weight excluding hydrogens is 246 g/mol. The summed E-state index contributed by atoms with van der Waals surface area (Å²) in [5.41, 5.74) is 2.20. The lowest BCUT2D eigenvalue weighted by Gasteiger charge is -2.08. The molecule has 2 aromatic rings. The molecule has 0 unspecified atom stereocenters. The van der Waals surface area contributed by atoms with Gasteiger partial charge in [0, 0.05) is 18.7 Å². The minimum absolute atomic E-state index is 0.559. The number of benzene rings is 1. The molecule has 1 saturated carbocycles. The zero-order chi connectivity index (χ0) is 12.5. The van der Waals surface area contributed by atoms with Gasteiger partial charge in [-0.25, -0.2) is 0 Å². The number of aromatic amines is 1. The van der Waals surface area contributed by atoms with Crippen molar-refractivity contribution in [2.24, 2.45) is 0 Å². The molecule has 94 valence electrons. The van der Waals surface area contributed by atoms with Crippen LogP contribution in [0.15, 0.2) is 24.3 Å². The minimum Gasteiger partial charge on any atom is -0.380 e. The summed E-state index contributed by atoms with van der Waals surface area (Å²) in [6, 6.07) is 8.22. The topological polar surface area (TPSA) is 42.8 Å². The SMILES string of the molecule is COCc1cccc(-n2c(C3CC3)n[nH]c2=S)c1. The van der Waals surface area contributed by atoms with Gasteiger partial charge in [0.2, 0.25) is 0 Å². The van der Waals surface area contributed by atoms with E-state index in [9.17, 15) is 0 Å². The number of aromatic nitrogens is 3. The van der Waals surface area contributed by atoms with Crippen LogP contribution in [0.3, 0.4) is 0 Å². The molecule has 18 heavy (non-hydrogen) atoms. The highest BCUT2D eigenvalue weighted by molar-refractivity contribution is 7.71. The van der Waals surface area contributed by atoms with E-state index in [1.807, 2.05) is 16.7 Å². The summed E-state index contributed by atoms with van der Waals surface area (Å²) in [5, 5.41) is 7.24. The van der Waals surface area contributed by atoms with Crippen LogP contribution >= 0.6 is 12.2 Å². The zero-order valence-corrected chi connectivity index (χ0v) is 11.0. The molecular formula is C13H15N3OS. The molecule has 4 nitrogen and oxygen atoms in total. The van der Waals surface area contributed by atoms with E-state index in [-0.39, 0.29) is 0 Å². The normalized spacial score (nSPS) is 14.9. The molecule has 1 fully saturated rings. The van der Waals surface area contributed by atoms with E-state index in [4.69, 9.17) is 17.0 Å². The first-order valence-corrected chi connectivity index (χ1v) is 6.46. The summed E-state index contributed by atoms with van der Waals surface area (Å²) in [4.78, 5) is 0. The Kier molecular flexibility index (Phi) is 3.01. The highest BCUT2D eigenvalue weighted by Gasteiger charge is 2.29. The van der Waals surface area contributed by atoms with Gasteiger partial charge < -0.3 is 4.74 Å². The summed E-state index contributed by atoms with van der Waals surface area (Å²) in [7, 11) is 1.70. The first kappa shape index (κ1) is 11.6. The van der Waals surface area contributed by atoms with E-state index in [2.05, 4.69) is 22.3 Å². The van der Waals surface area contributed by atoms with Crippen LogP contribution in [0.25, 0.3) is 5.69 Å². The van der Waals surface area contributed by atoms with Crippen molar-refractivity contribution in [2.45, 2.75) is 25.4 Å². The van der Waals surface area contributed by atoms with Gasteiger partial charge in [-0.3, -0.25) is 9.67 Å². The van der Waals surface area contributed by atoms with E-state index in [0.29, 0.717) is 17.3 Å². The first-order chi connectivity index (χ1) is 8.79. The third-order valence-electron chi connectivity index (χ3n) is 3.12. The maximum absolute atomic E-state index is 5.32. The average molecular weight is 261 g/mol. The Morgan fingerprint density at radius 2 is 2.33 bits per heavy atom. The number of nitrogens with zero attached hydrogens (tertiary/aromatic N) is 2. The molecule has 0 aliphatic heterocycles. The van der Waals surface area contributed by atoms with Gasteiger partial charge in [-0.15, -0.1) is 0 Å². The van der Waals surface area contributed by atoms with E-state index in [1.165, 1.54) is 12.8 Å². The highest BCUT2D eigenvalue weighted by Crippen LogP contribution is 2.39. The largest absolute Gasteiger partial charge is 0.380 e. The Balaban J connectivity index is 2.06. The molecule has 0 spiro atoms. The van der Waals surface area contributed by atoms with E-state index in [1.54, 1.807) is 7.11 Å². The maximum atomic E-state index is 5.32. The second-order valence-corrected chi connectivity index (χ2v) is 4.99. The van der Waals surface area contributed by atoms with Crippen LogP contribution in [-0.2, 0) is 11.3 Å². The molecule has 1 N–H and O–H groups in total. The lowest BCUT2D eigenvalue weighted by atomic mass is 10.2. The zero-order valence-electron chi connectivity index (χ0n) is 10.2. The van der Waals surface area contributed by atoms with Crippen molar-refractivity contribution in [3.63, 3.8) is 0 Å². The van der Waals surface area contributed by atoms with E-state index < -0.39 is 0 Å². The van der Waals surface area contributed by atoms with Crippen LogP contribution in [0, 0.1) is 4.77 Å². The predicted molar refractivity (Wildman–Crippen MR) is 71.4 cm³/mol. The molecule has 3 rings (SSSR count). The Hall–Kier alpha value is -1.46. The molecule has 1 aliphatic rings. The lowest BCUT2D eigenvalue weighted by Crippen LogP contribution is -2.01. The summed E-state index contributed by atoms with van der Waals surface area (Å²) < 4.78 is 7.85. The van der Waals surface area contributed by atoms with Gasteiger partial charge in [0.25, 0.3) is 0 Å². The second kappa shape index (κ2) is 4.66. The summed E-state index contributed by atoms with van der Waals surface area (Å²) in [6.07, 6.45) is 2.41. The number of ether oxygens (including phenoxy) is 1. The van der Waals surface area contributed by atoms with Gasteiger partial charge in [0.05, 0.1) is 6.61 Å². The number of rotatable bonds is 4. The van der Waals surface area contributed by atoms with Crippen molar-refractivity contribution in [1.29, 1.82) is 0 Å². The van der Waals surface area contributed by atoms with Gasteiger partial charge in [-0.2, -0.15) is 5.10 Å². The molecule has 0 amide bonds. The Morgan fingerprint density at radius 3 is 3.06 bits per heavy atom. The monoisotopic (exact) mass is 261 g/mol. The van der Waals surface area contributed by atoms with Crippen LogP contribution in [-0.4, -0.2) is 21.9 Å². The Labute approximate surface area is 111 Å². The predicted octanol–water partition coefficient (Wildman–Crippen LogP) is 2.95. The van der Waals surface area contributed by atoms with Crippen molar-refractivity contribution >= 4 is 12.2 Å². The fourth-order valence-corrected chi connectivity index (χ4v) is 2.37. The Morgan fingerprint density at radius 1 is 1.50 bits per heavy atom. The number of hydrogen-bond acceptors (Lipinski definition) is 3. The van der Waals surface area contributed by atoms with Crippen molar-refractivity contribution in [3.05, 3.63) is 40.4 Å². The standard InChI is InChI=1S/C13H15N3OS/c1-17-8-9-3-2-4-11(7-9)16-12(10-5-6-10)14-15-13(16)18/h2-4,7,10H,5-6,8H2,1H3,(H,15,18). The molecule has 0 saturated heterocycles. The quantitative estimate of drug-likeness (QED) is 0.860. The van der Waals surface area contributed by atoms with Crippen molar-refractivity contribution in [2.75, 3.05) is 7.11 Å². The minimum atomic E-state index is 0.559. The first-order valence-electron chi connectivity index (χ1n) is 6.05. The fourth-order valence-electron chi connectivity index (χ4n) is 2.13. The number of H-pyrrole nitrogens is 1. The third kappa shape index (κ3) is 2.11. The summed E-state index contributed by atoms with van der Waals surface area (Å²) in [6.45, 7) is 0.609. The van der Waals surface area contributed by atoms with Gasteiger partial charge in [0.15, 0.2) is 4.77 Å². The molecule has 0 bridgehead atoms.